The maximum absolute atomic E-state index is 13.9. The number of nitrogens with zero attached hydrogens (tertiary/aromatic N) is 1. The molecule has 3 rings (SSSR count). The van der Waals surface area contributed by atoms with E-state index in [1.54, 1.807) is 34.6 Å². The van der Waals surface area contributed by atoms with Crippen LogP contribution in [0.4, 0.5) is 18.0 Å². The molecule has 1 unspecified atom stereocenters. The van der Waals surface area contributed by atoms with Gasteiger partial charge in [-0.05, 0) is 84.6 Å². The highest BCUT2D eigenvalue weighted by Crippen LogP contribution is 2.38. The van der Waals surface area contributed by atoms with Gasteiger partial charge in [0.05, 0.1) is 25.3 Å². The van der Waals surface area contributed by atoms with Crippen LogP contribution in [0.1, 0.15) is 88.7 Å². The van der Waals surface area contributed by atoms with Crippen LogP contribution in [-0.2, 0) is 26.9 Å². The molecule has 1 saturated heterocycles. The topological polar surface area (TPSA) is 94.2 Å². The largest absolute Gasteiger partial charge is 0.493 e. The van der Waals surface area contributed by atoms with E-state index < -0.39 is 52.9 Å². The van der Waals surface area contributed by atoms with E-state index in [0.29, 0.717) is 6.42 Å². The Balaban J connectivity index is 1.58. The number of aryl methyl sites for hydroxylation is 1. The van der Waals surface area contributed by atoms with Gasteiger partial charge in [-0.15, -0.1) is 0 Å². The predicted octanol–water partition coefficient (Wildman–Crippen LogP) is 6.95. The van der Waals surface area contributed by atoms with Gasteiger partial charge in [0, 0.05) is 5.56 Å². The van der Waals surface area contributed by atoms with Crippen molar-refractivity contribution in [3.05, 3.63) is 65.2 Å². The molecule has 2 aromatic rings. The lowest BCUT2D eigenvalue weighted by Crippen LogP contribution is -2.62. The number of benzene rings is 2. The van der Waals surface area contributed by atoms with E-state index in [0.717, 1.165) is 37.8 Å². The Labute approximate surface area is 257 Å². The van der Waals surface area contributed by atoms with Crippen molar-refractivity contribution in [3.63, 3.8) is 0 Å². The van der Waals surface area contributed by atoms with Gasteiger partial charge < -0.3 is 19.5 Å². The number of unbranched alkanes of at least 4 members (excludes halogenated alkanes) is 3. The highest BCUT2D eigenvalue weighted by atomic mass is 19.4. The zero-order chi connectivity index (χ0) is 32.8. The molecule has 1 aliphatic heterocycles. The van der Waals surface area contributed by atoms with Crippen molar-refractivity contribution in [1.82, 2.24) is 10.2 Å². The molecular weight excluding hydrogens is 577 g/mol. The highest BCUT2D eigenvalue weighted by molar-refractivity contribution is 6.01. The van der Waals surface area contributed by atoms with Crippen molar-refractivity contribution < 1.29 is 41.8 Å². The molecule has 0 aliphatic carbocycles. The number of hydrogen-bond acceptors (Lipinski definition) is 6. The highest BCUT2D eigenvalue weighted by Gasteiger charge is 2.57. The van der Waals surface area contributed by atoms with Crippen LogP contribution >= 0.6 is 0 Å². The third kappa shape index (κ3) is 9.20. The summed E-state index contributed by atoms with van der Waals surface area (Å²) in [6, 6.07) is 13.2. The average Bonchev–Trinajstić information content (AvgIpc) is 3.19. The first-order valence-electron chi connectivity index (χ1n) is 14.8. The second kappa shape index (κ2) is 14.0. The Kier molecular flexibility index (Phi) is 11.1. The van der Waals surface area contributed by atoms with Gasteiger partial charge in [-0.1, -0.05) is 43.2 Å². The van der Waals surface area contributed by atoms with E-state index in [2.05, 4.69) is 17.4 Å². The molecule has 1 N–H and O–H groups in total. The Hall–Kier alpha value is -3.60. The molecule has 1 atom stereocenters. The molecule has 1 aliphatic rings. The van der Waals surface area contributed by atoms with E-state index in [4.69, 9.17) is 14.2 Å². The minimum atomic E-state index is -4.75. The number of amides is 2. The Morgan fingerprint density at radius 1 is 0.955 bits per heavy atom. The number of ketones is 1. The summed E-state index contributed by atoms with van der Waals surface area (Å²) in [5.41, 5.74) is -3.59. The normalized spacial score (nSPS) is 18.2. The number of alkyl halides is 3. The summed E-state index contributed by atoms with van der Waals surface area (Å²) in [6.45, 7) is 9.10. The van der Waals surface area contributed by atoms with Crippen LogP contribution < -0.4 is 10.1 Å². The van der Waals surface area contributed by atoms with Gasteiger partial charge in [-0.2, -0.15) is 13.2 Å². The number of Topliss-reactive ketones (excluding diaryl/α,β-unsaturated/α-hetero) is 1. The van der Waals surface area contributed by atoms with Crippen LogP contribution in [0.15, 0.2) is 48.5 Å². The smallest absolute Gasteiger partial charge is 0.419 e. The van der Waals surface area contributed by atoms with Crippen LogP contribution in [0, 0.1) is 0 Å². The molecule has 0 spiro atoms. The number of hydrogen-bond donors (Lipinski definition) is 1. The summed E-state index contributed by atoms with van der Waals surface area (Å²) in [6.07, 6.45) is -1.26. The van der Waals surface area contributed by atoms with Crippen molar-refractivity contribution in [3.8, 4) is 5.75 Å². The zero-order valence-corrected chi connectivity index (χ0v) is 26.3. The maximum Gasteiger partial charge on any atom is 0.419 e. The first-order valence-corrected chi connectivity index (χ1v) is 14.8. The van der Waals surface area contributed by atoms with Crippen molar-refractivity contribution >= 4 is 17.8 Å². The lowest BCUT2D eigenvalue weighted by atomic mass is 9.99. The van der Waals surface area contributed by atoms with Crippen molar-refractivity contribution in [2.24, 2.45) is 0 Å². The second-order valence-corrected chi connectivity index (χ2v) is 12.6. The standard InChI is InChI=1S/C33H43F3N2O6/c1-30(2,3)44-29(41)38-31(4,5)43-22-32(38,6)28(40)37-21-26(39)24-17-18-27(25(20-24)33(34,35)36)42-19-13-8-7-10-14-23-15-11-9-12-16-23/h9,11-12,15-18,20H,7-8,10,13-14,19,21-22H2,1-6H3,(H,37,40). The van der Waals surface area contributed by atoms with Gasteiger partial charge in [-0.3, -0.25) is 14.5 Å². The predicted molar refractivity (Wildman–Crippen MR) is 159 cm³/mol. The third-order valence-corrected chi connectivity index (χ3v) is 7.28. The number of nitrogens with one attached hydrogen (secondary N) is 1. The summed E-state index contributed by atoms with van der Waals surface area (Å²) in [5.74, 6) is -1.80. The zero-order valence-electron chi connectivity index (χ0n) is 26.3. The molecule has 44 heavy (non-hydrogen) atoms. The summed E-state index contributed by atoms with van der Waals surface area (Å²) < 4.78 is 58.3. The van der Waals surface area contributed by atoms with E-state index >= 15 is 0 Å². The molecular formula is C33H43F3N2O6. The molecule has 0 bridgehead atoms. The quantitative estimate of drug-likeness (QED) is 0.204. The Morgan fingerprint density at radius 2 is 1.61 bits per heavy atom. The average molecular weight is 621 g/mol. The van der Waals surface area contributed by atoms with Gasteiger partial charge in [0.1, 0.15) is 22.6 Å². The van der Waals surface area contributed by atoms with Gasteiger partial charge in [0.25, 0.3) is 0 Å². The molecule has 2 amide bonds. The number of carbonyl (C=O) groups is 3. The molecule has 0 aromatic heterocycles. The monoisotopic (exact) mass is 620 g/mol. The summed E-state index contributed by atoms with van der Waals surface area (Å²) in [5, 5.41) is 2.46. The van der Waals surface area contributed by atoms with Crippen LogP contribution in [-0.4, -0.2) is 59.3 Å². The Morgan fingerprint density at radius 3 is 2.25 bits per heavy atom. The summed E-state index contributed by atoms with van der Waals surface area (Å²) >= 11 is 0. The first kappa shape index (κ1) is 34.9. The molecule has 1 fully saturated rings. The van der Waals surface area contributed by atoms with Gasteiger partial charge >= 0.3 is 12.3 Å². The maximum atomic E-state index is 13.9. The molecule has 2 aromatic carbocycles. The van der Waals surface area contributed by atoms with E-state index in [9.17, 15) is 27.6 Å². The van der Waals surface area contributed by atoms with Crippen LogP contribution in [0.5, 0.6) is 5.75 Å². The minimum Gasteiger partial charge on any atom is -0.493 e. The van der Waals surface area contributed by atoms with Crippen molar-refractivity contribution in [2.75, 3.05) is 19.8 Å². The van der Waals surface area contributed by atoms with Gasteiger partial charge in [0.2, 0.25) is 5.91 Å². The van der Waals surface area contributed by atoms with Crippen LogP contribution in [0.3, 0.4) is 0 Å². The van der Waals surface area contributed by atoms with Gasteiger partial charge in [-0.25, -0.2) is 4.79 Å². The molecule has 11 heteroatoms. The molecule has 0 radical (unpaired) electrons. The fraction of sp³-hybridized carbons (Fsp3) is 0.545. The second-order valence-electron chi connectivity index (χ2n) is 12.6. The number of rotatable bonds is 12. The van der Waals surface area contributed by atoms with E-state index in [1.807, 2.05) is 18.2 Å². The molecule has 8 nitrogen and oxygen atoms in total. The minimum absolute atomic E-state index is 0.114. The SMILES string of the molecule is CC(C)(C)OC(=O)N1C(C)(C)OCC1(C)C(=O)NCC(=O)c1ccc(OCCCCCCc2ccccc2)c(C(F)(F)F)c1. The molecule has 1 heterocycles. The number of halogens is 3. The number of ether oxygens (including phenoxy) is 3. The lowest BCUT2D eigenvalue weighted by Gasteiger charge is -2.39. The van der Waals surface area contributed by atoms with Crippen LogP contribution in [0.2, 0.25) is 0 Å². The van der Waals surface area contributed by atoms with Crippen molar-refractivity contribution in [1.29, 1.82) is 0 Å². The molecule has 242 valence electrons. The van der Waals surface area contributed by atoms with E-state index in [1.165, 1.54) is 23.5 Å². The number of carbonyl (C=O) groups excluding carboxylic acids is 3. The fourth-order valence-corrected chi connectivity index (χ4v) is 5.05. The first-order chi connectivity index (χ1) is 20.4. The lowest BCUT2D eigenvalue weighted by molar-refractivity contribution is -0.139. The summed E-state index contributed by atoms with van der Waals surface area (Å²) in [4.78, 5) is 40.3. The summed E-state index contributed by atoms with van der Waals surface area (Å²) in [7, 11) is 0. The van der Waals surface area contributed by atoms with Crippen molar-refractivity contribution in [2.45, 2.75) is 96.7 Å². The van der Waals surface area contributed by atoms with E-state index in [-0.39, 0.29) is 24.5 Å². The Bertz CT molecular complexity index is 1310. The molecule has 0 saturated carbocycles. The fourth-order valence-electron chi connectivity index (χ4n) is 5.05. The third-order valence-electron chi connectivity index (χ3n) is 7.28. The van der Waals surface area contributed by atoms with Gasteiger partial charge in [0.15, 0.2) is 5.78 Å². The van der Waals surface area contributed by atoms with Crippen LogP contribution in [0.25, 0.3) is 0 Å².